The topological polar surface area (TPSA) is 106 Å². The molecule has 0 atom stereocenters. The normalized spacial score (nSPS) is 14.7. The van der Waals surface area contributed by atoms with Crippen LogP contribution in [0, 0.1) is 5.92 Å². The summed E-state index contributed by atoms with van der Waals surface area (Å²) >= 11 is 1.65. The lowest BCUT2D eigenvalue weighted by Gasteiger charge is -2.30. The third-order valence-corrected chi connectivity index (χ3v) is 9.53. The maximum atomic E-state index is 13.2. The molecule has 1 aliphatic heterocycles. The number of nitrogens with one attached hydrogen (secondary N) is 1. The smallest absolute Gasteiger partial charge is 0.272 e. The maximum Gasteiger partial charge on any atom is 0.272 e. The van der Waals surface area contributed by atoms with Crippen molar-refractivity contribution in [3.8, 4) is 16.9 Å². The van der Waals surface area contributed by atoms with Crippen molar-refractivity contribution in [2.24, 2.45) is 13.0 Å². The lowest BCUT2D eigenvalue weighted by molar-refractivity contribution is 0.101. The fraction of sp³-hybridized carbons (Fsp3) is 0.294. The van der Waals surface area contributed by atoms with Gasteiger partial charge < -0.3 is 25.5 Å². The fourth-order valence-corrected chi connectivity index (χ4v) is 7.12. The Labute approximate surface area is 255 Å². The van der Waals surface area contributed by atoms with Crippen molar-refractivity contribution in [1.82, 2.24) is 14.5 Å². The summed E-state index contributed by atoms with van der Waals surface area (Å²) in [6, 6.07) is 15.6. The van der Waals surface area contributed by atoms with Crippen LogP contribution in [0.5, 0.6) is 5.75 Å². The molecule has 0 bridgehead atoms. The van der Waals surface area contributed by atoms with E-state index in [1.54, 1.807) is 18.4 Å². The number of nitrogens with zero attached hydrogens (tertiary/aromatic N) is 3. The zero-order chi connectivity index (χ0) is 29.9. The number of ether oxygens (including phenoxy) is 1. The second-order valence-corrected chi connectivity index (χ2v) is 12.0. The first-order valence-electron chi connectivity index (χ1n) is 14.7. The van der Waals surface area contributed by atoms with Crippen molar-refractivity contribution in [2.45, 2.75) is 19.3 Å². The number of pyridine rings is 1. The molecule has 0 aliphatic carbocycles. The van der Waals surface area contributed by atoms with E-state index in [9.17, 15) is 9.90 Å². The number of amides is 1. The maximum absolute atomic E-state index is 13.2. The van der Waals surface area contributed by atoms with Gasteiger partial charge in [-0.05, 0) is 73.5 Å². The van der Waals surface area contributed by atoms with Crippen LogP contribution in [0.2, 0.25) is 0 Å². The van der Waals surface area contributed by atoms with Crippen molar-refractivity contribution < 1.29 is 14.6 Å². The number of carbonyl (C=O) groups is 1. The third-order valence-electron chi connectivity index (χ3n) is 8.50. The average molecular weight is 596 g/mol. The molecule has 1 saturated heterocycles. The van der Waals surface area contributed by atoms with Crippen molar-refractivity contribution in [1.29, 1.82) is 0 Å². The number of aliphatic hydroxyl groups excluding tert-OH is 1. The predicted octanol–water partition coefficient (Wildman–Crippen LogP) is 6.41. The number of nitrogens with two attached hydrogens (primary N) is 1. The van der Waals surface area contributed by atoms with E-state index < -0.39 is 0 Å². The quantitative estimate of drug-likeness (QED) is 0.182. The number of aryl methyl sites for hydroxylation is 1. The van der Waals surface area contributed by atoms with Gasteiger partial charge in [0.1, 0.15) is 17.3 Å². The zero-order valence-electron chi connectivity index (χ0n) is 24.5. The van der Waals surface area contributed by atoms with E-state index in [0.717, 1.165) is 76.6 Å². The Morgan fingerprint density at radius 2 is 2.02 bits per heavy atom. The number of likely N-dealkylation sites (tertiary alicyclic amines) is 1. The summed E-state index contributed by atoms with van der Waals surface area (Å²) in [6.07, 6.45) is 9.38. The summed E-state index contributed by atoms with van der Waals surface area (Å²) in [7, 11) is 3.50. The number of rotatable bonds is 9. The van der Waals surface area contributed by atoms with E-state index in [4.69, 9.17) is 10.5 Å². The van der Waals surface area contributed by atoms with Crippen LogP contribution >= 0.6 is 11.3 Å². The summed E-state index contributed by atoms with van der Waals surface area (Å²) in [4.78, 5) is 20.2. The number of methoxy groups -OCH3 is 1. The minimum absolute atomic E-state index is 0.204. The van der Waals surface area contributed by atoms with E-state index in [-0.39, 0.29) is 12.5 Å². The van der Waals surface area contributed by atoms with Crippen LogP contribution in [-0.4, -0.2) is 58.8 Å². The Morgan fingerprint density at radius 1 is 1.21 bits per heavy atom. The Morgan fingerprint density at radius 3 is 2.79 bits per heavy atom. The molecule has 1 aliphatic rings. The number of benzene rings is 2. The number of hydrogen-bond acceptors (Lipinski definition) is 7. The van der Waals surface area contributed by atoms with Gasteiger partial charge in [0.2, 0.25) is 0 Å². The minimum Gasteiger partial charge on any atom is -0.495 e. The van der Waals surface area contributed by atoms with Crippen LogP contribution in [0.1, 0.15) is 35.3 Å². The summed E-state index contributed by atoms with van der Waals surface area (Å²) < 4.78 is 8.70. The Balaban J connectivity index is 1.21. The molecule has 0 spiro atoms. The molecule has 0 unspecified atom stereocenters. The van der Waals surface area contributed by atoms with E-state index in [1.807, 2.05) is 66.3 Å². The predicted molar refractivity (Wildman–Crippen MR) is 177 cm³/mol. The molecule has 9 heteroatoms. The molecule has 8 nitrogen and oxygen atoms in total. The first kappa shape index (κ1) is 28.9. The SMILES string of the molecule is COc1cc(-c2csc3c(/C=C/CN4CCC(CCO)CC4)cnc(N)c23)ccc1NC(=O)c1cc2ccccc2n1C. The molecule has 2 aromatic carbocycles. The van der Waals surface area contributed by atoms with Crippen LogP contribution < -0.4 is 15.8 Å². The van der Waals surface area contributed by atoms with E-state index >= 15 is 0 Å². The monoisotopic (exact) mass is 595 g/mol. The minimum atomic E-state index is -0.204. The van der Waals surface area contributed by atoms with Gasteiger partial charge in [0.05, 0.1) is 12.8 Å². The van der Waals surface area contributed by atoms with Crippen LogP contribution in [0.25, 0.3) is 38.2 Å². The van der Waals surface area contributed by atoms with Gasteiger partial charge in [-0.1, -0.05) is 36.4 Å². The Hall–Kier alpha value is -4.18. The molecular weight excluding hydrogens is 558 g/mol. The molecule has 3 aromatic heterocycles. The first-order valence-corrected chi connectivity index (χ1v) is 15.5. The van der Waals surface area contributed by atoms with Gasteiger partial charge in [-0.15, -0.1) is 11.3 Å². The van der Waals surface area contributed by atoms with Gasteiger partial charge in [-0.25, -0.2) is 4.98 Å². The van der Waals surface area contributed by atoms with Gasteiger partial charge in [0.25, 0.3) is 5.91 Å². The third kappa shape index (κ3) is 5.88. The standard InChI is InChI=1S/C34H37N5O3S/c1-38-28-8-4-3-6-24(28)18-29(38)34(41)37-27-10-9-23(19-30(27)42-2)26-21-43-32-25(20-36-33(35)31(26)32)7-5-14-39-15-11-22(12-16-39)13-17-40/h3-10,18-22,40H,11-17H2,1-2H3,(H2,35,36)(H,37,41)/b7-5+. The molecule has 4 heterocycles. The molecule has 6 rings (SSSR count). The molecule has 4 N–H and O–H groups in total. The summed E-state index contributed by atoms with van der Waals surface area (Å²) in [6.45, 7) is 3.30. The van der Waals surface area contributed by atoms with Gasteiger partial charge in [-0.3, -0.25) is 9.69 Å². The number of aromatic nitrogens is 2. The highest BCUT2D eigenvalue weighted by Crippen LogP contribution is 2.41. The number of para-hydroxylation sites is 1. The van der Waals surface area contributed by atoms with Gasteiger partial charge >= 0.3 is 0 Å². The molecule has 0 saturated carbocycles. The molecule has 0 radical (unpaired) electrons. The number of fused-ring (bicyclic) bond motifs is 2. The largest absolute Gasteiger partial charge is 0.495 e. The van der Waals surface area contributed by atoms with Gasteiger partial charge in [0.15, 0.2) is 0 Å². The number of piperidine rings is 1. The average Bonchev–Trinajstić information content (AvgIpc) is 3.62. The number of nitrogen functional groups attached to an aromatic ring is 1. The fourth-order valence-electron chi connectivity index (χ4n) is 6.04. The molecular formula is C34H37N5O3S. The van der Waals surface area contributed by atoms with Gasteiger partial charge in [0, 0.05) is 58.5 Å². The van der Waals surface area contributed by atoms with Crippen molar-refractivity contribution in [3.63, 3.8) is 0 Å². The zero-order valence-corrected chi connectivity index (χ0v) is 25.4. The lowest BCUT2D eigenvalue weighted by atomic mass is 9.94. The van der Waals surface area contributed by atoms with Gasteiger partial charge in [-0.2, -0.15) is 0 Å². The Kier molecular flexibility index (Phi) is 8.47. The van der Waals surface area contributed by atoms with Crippen LogP contribution in [0.4, 0.5) is 11.5 Å². The molecule has 1 fully saturated rings. The second kappa shape index (κ2) is 12.6. The van der Waals surface area contributed by atoms with E-state index in [1.165, 1.54) is 0 Å². The highest BCUT2D eigenvalue weighted by molar-refractivity contribution is 7.18. The Bertz CT molecular complexity index is 1800. The van der Waals surface area contributed by atoms with Crippen molar-refractivity contribution >= 4 is 55.8 Å². The number of anilines is 2. The second-order valence-electron chi connectivity index (χ2n) is 11.1. The first-order chi connectivity index (χ1) is 21.0. The van der Waals surface area contributed by atoms with Crippen LogP contribution in [0.15, 0.2) is 66.2 Å². The summed E-state index contributed by atoms with van der Waals surface area (Å²) in [5.74, 6) is 1.49. The van der Waals surface area contributed by atoms with E-state index in [0.29, 0.717) is 28.9 Å². The van der Waals surface area contributed by atoms with Crippen LogP contribution in [0.3, 0.4) is 0 Å². The molecule has 43 heavy (non-hydrogen) atoms. The van der Waals surface area contributed by atoms with Crippen molar-refractivity contribution in [3.05, 3.63) is 77.4 Å². The number of thiophene rings is 1. The molecule has 1 amide bonds. The number of carbonyl (C=O) groups excluding carboxylic acids is 1. The number of hydrogen-bond donors (Lipinski definition) is 3. The number of aliphatic hydroxyl groups is 1. The lowest BCUT2D eigenvalue weighted by Crippen LogP contribution is -2.34. The summed E-state index contributed by atoms with van der Waals surface area (Å²) in [5, 5.41) is 16.3. The molecule has 222 valence electrons. The van der Waals surface area contributed by atoms with E-state index in [2.05, 4.69) is 32.7 Å². The van der Waals surface area contributed by atoms with Crippen molar-refractivity contribution in [2.75, 3.05) is 44.4 Å². The highest BCUT2D eigenvalue weighted by atomic mass is 32.1. The highest BCUT2D eigenvalue weighted by Gasteiger charge is 2.19. The van der Waals surface area contributed by atoms with Crippen LogP contribution in [-0.2, 0) is 7.05 Å². The molecule has 5 aromatic rings. The summed E-state index contributed by atoms with van der Waals surface area (Å²) in [5.41, 5.74) is 11.5.